The molecule has 1 aromatic heterocycles. The number of hydrogen-bond acceptors (Lipinski definition) is 4. The van der Waals surface area contributed by atoms with Gasteiger partial charge in [0, 0.05) is 27.8 Å². The quantitative estimate of drug-likeness (QED) is 0.692. The predicted molar refractivity (Wildman–Crippen MR) is 96.9 cm³/mol. The zero-order chi connectivity index (χ0) is 17.1. The van der Waals surface area contributed by atoms with Crippen molar-refractivity contribution in [2.75, 3.05) is 13.1 Å². The van der Waals surface area contributed by atoms with Crippen LogP contribution >= 0.6 is 27.3 Å². The Hall–Kier alpha value is -0.590. The highest BCUT2D eigenvalue weighted by Crippen LogP contribution is 2.32. The number of carbonyl (C=O) groups is 1. The van der Waals surface area contributed by atoms with Gasteiger partial charge in [0.15, 0.2) is 0 Å². The molecule has 0 unspecified atom stereocenters. The van der Waals surface area contributed by atoms with Crippen molar-refractivity contribution in [1.29, 1.82) is 0 Å². The molecule has 0 aliphatic carbocycles. The smallest absolute Gasteiger partial charge is 0.410 e. The molecule has 2 heterocycles. The molecule has 0 spiro atoms. The van der Waals surface area contributed by atoms with Gasteiger partial charge in [-0.2, -0.15) is 0 Å². The Balaban J connectivity index is 1.87. The molecular weight excluding hydrogens is 378 g/mol. The van der Waals surface area contributed by atoms with Crippen molar-refractivity contribution in [2.24, 2.45) is 0 Å². The van der Waals surface area contributed by atoms with Gasteiger partial charge in [-0.1, -0.05) is 6.92 Å². The highest BCUT2D eigenvalue weighted by atomic mass is 79.9. The van der Waals surface area contributed by atoms with Gasteiger partial charge >= 0.3 is 6.09 Å². The van der Waals surface area contributed by atoms with E-state index in [0.717, 1.165) is 23.7 Å². The third-order valence-electron chi connectivity index (χ3n) is 4.11. The predicted octanol–water partition coefficient (Wildman–Crippen LogP) is 5.21. The number of likely N-dealkylation sites (tertiary alicyclic amines) is 1. The molecule has 1 aromatic rings. The summed E-state index contributed by atoms with van der Waals surface area (Å²) < 4.78 is 12.8. The average Bonchev–Trinajstić information content (AvgIpc) is 2.89. The summed E-state index contributed by atoms with van der Waals surface area (Å²) in [5.41, 5.74) is -0.575. The number of amides is 1. The van der Waals surface area contributed by atoms with E-state index in [1.807, 2.05) is 20.8 Å². The van der Waals surface area contributed by atoms with Gasteiger partial charge in [-0.05, 0) is 62.0 Å². The molecule has 0 atom stereocenters. The Morgan fingerprint density at radius 1 is 1.39 bits per heavy atom. The van der Waals surface area contributed by atoms with Gasteiger partial charge in [0.05, 0.1) is 12.2 Å². The van der Waals surface area contributed by atoms with E-state index >= 15 is 0 Å². The maximum absolute atomic E-state index is 12.2. The van der Waals surface area contributed by atoms with Crippen LogP contribution < -0.4 is 0 Å². The van der Waals surface area contributed by atoms with Crippen molar-refractivity contribution < 1.29 is 14.3 Å². The van der Waals surface area contributed by atoms with E-state index in [2.05, 4.69) is 34.3 Å². The first kappa shape index (κ1) is 18.7. The molecule has 0 saturated carbocycles. The van der Waals surface area contributed by atoms with Crippen LogP contribution in [0.2, 0.25) is 0 Å². The molecule has 1 aliphatic heterocycles. The van der Waals surface area contributed by atoms with Crippen LogP contribution in [-0.2, 0) is 16.1 Å². The van der Waals surface area contributed by atoms with Gasteiger partial charge in [0.2, 0.25) is 0 Å². The molecule has 1 fully saturated rings. The maximum atomic E-state index is 12.2. The summed E-state index contributed by atoms with van der Waals surface area (Å²) in [6, 6.07) is 2.10. The van der Waals surface area contributed by atoms with Crippen molar-refractivity contribution >= 4 is 33.4 Å². The third kappa shape index (κ3) is 5.47. The van der Waals surface area contributed by atoms with Gasteiger partial charge in [0.25, 0.3) is 0 Å². The third-order valence-corrected chi connectivity index (χ3v) is 5.78. The fraction of sp³-hybridized carbons (Fsp3) is 0.706. The number of nitrogens with zero attached hydrogens (tertiary/aromatic N) is 1. The van der Waals surface area contributed by atoms with Gasteiger partial charge in [-0.3, -0.25) is 0 Å². The zero-order valence-electron chi connectivity index (χ0n) is 14.4. The van der Waals surface area contributed by atoms with Crippen molar-refractivity contribution in [3.05, 3.63) is 20.8 Å². The van der Waals surface area contributed by atoms with Gasteiger partial charge in [0.1, 0.15) is 5.60 Å². The van der Waals surface area contributed by atoms with E-state index in [0.29, 0.717) is 19.7 Å². The molecular formula is C17H26BrNO3S. The molecule has 2 rings (SSSR count). The molecule has 130 valence electrons. The lowest BCUT2D eigenvalue weighted by Crippen LogP contribution is -2.49. The highest BCUT2D eigenvalue weighted by molar-refractivity contribution is 9.10. The SMILES string of the molecule is CCC1(OCc2cc(Br)cs2)CCN(C(=O)OC(C)(C)C)CC1. The molecule has 0 radical (unpaired) electrons. The zero-order valence-corrected chi connectivity index (χ0v) is 16.8. The number of halogens is 1. The molecule has 0 N–H and O–H groups in total. The van der Waals surface area contributed by atoms with E-state index in [1.165, 1.54) is 4.88 Å². The Bertz CT molecular complexity index is 530. The lowest BCUT2D eigenvalue weighted by Gasteiger charge is -2.41. The molecule has 23 heavy (non-hydrogen) atoms. The van der Waals surface area contributed by atoms with Crippen molar-refractivity contribution in [2.45, 2.75) is 64.8 Å². The Kier molecular flexibility index (Phi) is 6.14. The van der Waals surface area contributed by atoms with E-state index in [9.17, 15) is 4.79 Å². The van der Waals surface area contributed by atoms with E-state index in [-0.39, 0.29) is 11.7 Å². The fourth-order valence-electron chi connectivity index (χ4n) is 2.68. The number of ether oxygens (including phenoxy) is 2. The first-order chi connectivity index (χ1) is 10.7. The standard InChI is InChI=1S/C17H26BrNO3S/c1-5-17(21-11-14-10-13(18)12-23-14)6-8-19(9-7-17)15(20)22-16(2,3)4/h10,12H,5-9,11H2,1-4H3. The summed E-state index contributed by atoms with van der Waals surface area (Å²) in [5, 5.41) is 2.07. The minimum Gasteiger partial charge on any atom is -0.444 e. The van der Waals surface area contributed by atoms with Crippen LogP contribution in [0.1, 0.15) is 51.8 Å². The minimum atomic E-state index is -0.445. The molecule has 6 heteroatoms. The minimum absolute atomic E-state index is 0.130. The maximum Gasteiger partial charge on any atom is 0.410 e. The molecule has 1 aliphatic rings. The second kappa shape index (κ2) is 7.53. The number of hydrogen-bond donors (Lipinski definition) is 0. The summed E-state index contributed by atoms with van der Waals surface area (Å²) in [6.07, 6.45) is 2.45. The molecule has 1 amide bonds. The lowest BCUT2D eigenvalue weighted by atomic mass is 9.88. The number of rotatable bonds is 4. The average molecular weight is 404 g/mol. The van der Waals surface area contributed by atoms with Crippen LogP contribution in [0.3, 0.4) is 0 Å². The number of piperidine rings is 1. The van der Waals surface area contributed by atoms with Crippen molar-refractivity contribution in [3.63, 3.8) is 0 Å². The molecule has 1 saturated heterocycles. The van der Waals surface area contributed by atoms with Gasteiger partial charge in [-0.15, -0.1) is 11.3 Å². The first-order valence-corrected chi connectivity index (χ1v) is 9.75. The number of thiophene rings is 1. The van der Waals surface area contributed by atoms with Crippen LogP contribution in [0.15, 0.2) is 15.9 Å². The van der Waals surface area contributed by atoms with E-state index < -0.39 is 5.60 Å². The second-order valence-corrected chi connectivity index (χ2v) is 8.94. The van der Waals surface area contributed by atoms with Crippen LogP contribution in [0.5, 0.6) is 0 Å². The summed E-state index contributed by atoms with van der Waals surface area (Å²) in [7, 11) is 0. The Morgan fingerprint density at radius 3 is 2.52 bits per heavy atom. The summed E-state index contributed by atoms with van der Waals surface area (Å²) in [6.45, 7) is 9.87. The second-order valence-electron chi connectivity index (χ2n) is 7.02. The first-order valence-electron chi connectivity index (χ1n) is 8.08. The molecule has 0 bridgehead atoms. The highest BCUT2D eigenvalue weighted by Gasteiger charge is 2.36. The van der Waals surface area contributed by atoms with Gasteiger partial charge < -0.3 is 14.4 Å². The Labute approximate surface area is 151 Å². The Morgan fingerprint density at radius 2 is 2.04 bits per heavy atom. The van der Waals surface area contributed by atoms with Crippen LogP contribution in [0.25, 0.3) is 0 Å². The van der Waals surface area contributed by atoms with Crippen LogP contribution in [0.4, 0.5) is 4.79 Å². The van der Waals surface area contributed by atoms with E-state index in [1.54, 1.807) is 16.2 Å². The summed E-state index contributed by atoms with van der Waals surface area (Å²) in [4.78, 5) is 15.2. The molecule has 0 aromatic carbocycles. The lowest BCUT2D eigenvalue weighted by molar-refractivity contribution is -0.0946. The largest absolute Gasteiger partial charge is 0.444 e. The monoisotopic (exact) mass is 403 g/mol. The van der Waals surface area contributed by atoms with Crippen molar-refractivity contribution in [1.82, 2.24) is 4.90 Å². The van der Waals surface area contributed by atoms with Gasteiger partial charge in [-0.25, -0.2) is 4.79 Å². The fourth-order valence-corrected chi connectivity index (χ4v) is 4.04. The summed E-state index contributed by atoms with van der Waals surface area (Å²) in [5.74, 6) is 0. The van der Waals surface area contributed by atoms with Crippen LogP contribution in [0, 0.1) is 0 Å². The van der Waals surface area contributed by atoms with Crippen LogP contribution in [-0.4, -0.2) is 35.3 Å². The summed E-state index contributed by atoms with van der Waals surface area (Å²) >= 11 is 5.18. The number of carbonyl (C=O) groups excluding carboxylic acids is 1. The normalized spacial score (nSPS) is 18.0. The molecule has 4 nitrogen and oxygen atoms in total. The van der Waals surface area contributed by atoms with Crippen molar-refractivity contribution in [3.8, 4) is 0 Å². The van der Waals surface area contributed by atoms with E-state index in [4.69, 9.17) is 9.47 Å². The topological polar surface area (TPSA) is 38.8 Å².